The van der Waals surface area contributed by atoms with Crippen LogP contribution in [0.3, 0.4) is 0 Å². The number of benzene rings is 3. The molecule has 0 aliphatic rings. The molecule has 0 saturated heterocycles. The quantitative estimate of drug-likeness (QED) is 0.485. The standard InChI is InChI=1S/C25H29NO2/c1-2-22(20-12-14-21(26)15-13-20)23(16-17-27)24-10-6-7-11-25(24)28-18-19-8-4-3-5-9-19/h3-15,22-23,27H,2,16-18,26H2,1H3. The van der Waals surface area contributed by atoms with Crippen molar-refractivity contribution in [3.8, 4) is 5.75 Å². The highest BCUT2D eigenvalue weighted by Gasteiger charge is 2.25. The number of hydrogen-bond donors (Lipinski definition) is 2. The third-order valence-electron chi connectivity index (χ3n) is 5.29. The zero-order chi connectivity index (χ0) is 19.8. The summed E-state index contributed by atoms with van der Waals surface area (Å²) in [5.74, 6) is 1.35. The van der Waals surface area contributed by atoms with Crippen molar-refractivity contribution in [2.75, 3.05) is 12.3 Å². The molecule has 0 spiro atoms. The predicted octanol–water partition coefficient (Wildman–Crippen LogP) is 5.51. The lowest BCUT2D eigenvalue weighted by molar-refractivity contribution is 0.259. The number of ether oxygens (including phenoxy) is 1. The van der Waals surface area contributed by atoms with Crippen molar-refractivity contribution < 1.29 is 9.84 Å². The Morgan fingerprint density at radius 3 is 2.21 bits per heavy atom. The Kier molecular flexibility index (Phi) is 7.10. The van der Waals surface area contributed by atoms with Gasteiger partial charge in [-0.15, -0.1) is 0 Å². The average molecular weight is 376 g/mol. The molecular formula is C25H29NO2. The summed E-state index contributed by atoms with van der Waals surface area (Å²) < 4.78 is 6.20. The van der Waals surface area contributed by atoms with E-state index in [0.717, 1.165) is 29.0 Å². The average Bonchev–Trinajstić information content (AvgIpc) is 2.74. The number of nitrogens with two attached hydrogens (primary N) is 1. The maximum atomic E-state index is 9.77. The maximum absolute atomic E-state index is 9.77. The van der Waals surface area contributed by atoms with E-state index in [1.54, 1.807) is 0 Å². The Bertz CT molecular complexity index is 846. The fraction of sp³-hybridized carbons (Fsp3) is 0.280. The van der Waals surface area contributed by atoms with E-state index in [1.807, 2.05) is 48.5 Å². The molecular weight excluding hydrogens is 346 g/mol. The summed E-state index contributed by atoms with van der Waals surface area (Å²) in [5.41, 5.74) is 10.2. The molecule has 2 unspecified atom stereocenters. The van der Waals surface area contributed by atoms with Crippen LogP contribution < -0.4 is 10.5 Å². The van der Waals surface area contributed by atoms with Gasteiger partial charge in [0.2, 0.25) is 0 Å². The van der Waals surface area contributed by atoms with Crippen LogP contribution in [-0.4, -0.2) is 11.7 Å². The molecule has 3 N–H and O–H groups in total. The first kappa shape index (κ1) is 20.0. The van der Waals surface area contributed by atoms with Crippen molar-refractivity contribution in [3.05, 3.63) is 95.6 Å². The smallest absolute Gasteiger partial charge is 0.123 e. The van der Waals surface area contributed by atoms with Crippen LogP contribution in [0.2, 0.25) is 0 Å². The summed E-state index contributed by atoms with van der Waals surface area (Å²) in [6, 6.07) is 26.5. The van der Waals surface area contributed by atoms with Crippen molar-refractivity contribution in [2.45, 2.75) is 38.2 Å². The van der Waals surface area contributed by atoms with Gasteiger partial charge in [0.25, 0.3) is 0 Å². The minimum absolute atomic E-state index is 0.142. The molecule has 0 heterocycles. The lowest BCUT2D eigenvalue weighted by atomic mass is 9.78. The van der Waals surface area contributed by atoms with Crippen LogP contribution in [0.25, 0.3) is 0 Å². The van der Waals surface area contributed by atoms with Gasteiger partial charge in [-0.2, -0.15) is 0 Å². The first-order valence-electron chi connectivity index (χ1n) is 9.94. The summed E-state index contributed by atoms with van der Waals surface area (Å²) in [5, 5.41) is 9.77. The first-order chi connectivity index (χ1) is 13.7. The van der Waals surface area contributed by atoms with Gasteiger partial charge in [-0.1, -0.05) is 67.6 Å². The number of para-hydroxylation sites is 1. The van der Waals surface area contributed by atoms with Crippen molar-refractivity contribution in [1.82, 2.24) is 0 Å². The Hall–Kier alpha value is -2.78. The van der Waals surface area contributed by atoms with E-state index < -0.39 is 0 Å². The molecule has 0 saturated carbocycles. The second-order valence-corrected chi connectivity index (χ2v) is 7.11. The molecule has 0 fully saturated rings. The largest absolute Gasteiger partial charge is 0.489 e. The summed E-state index contributed by atoms with van der Waals surface area (Å²) >= 11 is 0. The van der Waals surface area contributed by atoms with Crippen LogP contribution in [0.5, 0.6) is 5.75 Å². The molecule has 0 bridgehead atoms. The Labute approximate surface area is 167 Å². The van der Waals surface area contributed by atoms with E-state index >= 15 is 0 Å². The van der Waals surface area contributed by atoms with Gasteiger partial charge in [0.05, 0.1) is 0 Å². The Balaban J connectivity index is 1.89. The molecule has 0 radical (unpaired) electrons. The highest BCUT2D eigenvalue weighted by molar-refractivity contribution is 5.43. The van der Waals surface area contributed by atoms with E-state index in [9.17, 15) is 5.11 Å². The third kappa shape index (κ3) is 4.93. The minimum Gasteiger partial charge on any atom is -0.489 e. The number of aliphatic hydroxyl groups excluding tert-OH is 1. The minimum atomic E-state index is 0.142. The van der Waals surface area contributed by atoms with Crippen molar-refractivity contribution in [3.63, 3.8) is 0 Å². The molecule has 28 heavy (non-hydrogen) atoms. The van der Waals surface area contributed by atoms with Gasteiger partial charge in [0, 0.05) is 12.3 Å². The van der Waals surface area contributed by atoms with Crippen LogP contribution in [0.4, 0.5) is 5.69 Å². The van der Waals surface area contributed by atoms with Crippen molar-refractivity contribution in [2.24, 2.45) is 0 Å². The summed E-state index contributed by atoms with van der Waals surface area (Å²) in [7, 11) is 0. The molecule has 0 amide bonds. The number of hydrogen-bond acceptors (Lipinski definition) is 3. The van der Waals surface area contributed by atoms with Gasteiger partial charge in [-0.05, 0) is 59.6 Å². The lowest BCUT2D eigenvalue weighted by Gasteiger charge is -2.28. The van der Waals surface area contributed by atoms with Crippen LogP contribution in [0.15, 0.2) is 78.9 Å². The Morgan fingerprint density at radius 2 is 1.54 bits per heavy atom. The summed E-state index contributed by atoms with van der Waals surface area (Å²) in [6.45, 7) is 2.87. The number of anilines is 1. The van der Waals surface area contributed by atoms with Gasteiger partial charge in [0.15, 0.2) is 0 Å². The lowest BCUT2D eigenvalue weighted by Crippen LogP contribution is -2.14. The highest BCUT2D eigenvalue weighted by Crippen LogP contribution is 2.41. The van der Waals surface area contributed by atoms with E-state index in [4.69, 9.17) is 10.5 Å². The van der Waals surface area contributed by atoms with Crippen LogP contribution >= 0.6 is 0 Å². The second kappa shape index (κ2) is 9.95. The number of aliphatic hydroxyl groups is 1. The van der Waals surface area contributed by atoms with Gasteiger partial charge < -0.3 is 15.6 Å². The van der Waals surface area contributed by atoms with Crippen LogP contribution in [-0.2, 0) is 6.61 Å². The van der Waals surface area contributed by atoms with Crippen LogP contribution in [0, 0.1) is 0 Å². The van der Waals surface area contributed by atoms with E-state index in [2.05, 4.69) is 37.3 Å². The van der Waals surface area contributed by atoms with Gasteiger partial charge in [-0.25, -0.2) is 0 Å². The molecule has 3 heteroatoms. The molecule has 146 valence electrons. The molecule has 0 aliphatic heterocycles. The maximum Gasteiger partial charge on any atom is 0.123 e. The van der Waals surface area contributed by atoms with E-state index in [-0.39, 0.29) is 18.4 Å². The molecule has 2 atom stereocenters. The first-order valence-corrected chi connectivity index (χ1v) is 9.94. The fourth-order valence-corrected chi connectivity index (χ4v) is 3.86. The topological polar surface area (TPSA) is 55.5 Å². The van der Waals surface area contributed by atoms with Gasteiger partial charge in [0.1, 0.15) is 12.4 Å². The van der Waals surface area contributed by atoms with E-state index in [1.165, 1.54) is 5.56 Å². The fourth-order valence-electron chi connectivity index (χ4n) is 3.86. The van der Waals surface area contributed by atoms with E-state index in [0.29, 0.717) is 13.0 Å². The second-order valence-electron chi connectivity index (χ2n) is 7.11. The molecule has 0 aliphatic carbocycles. The zero-order valence-corrected chi connectivity index (χ0v) is 16.4. The SMILES string of the molecule is CCC(c1ccc(N)cc1)C(CCO)c1ccccc1OCc1ccccc1. The number of rotatable bonds is 9. The summed E-state index contributed by atoms with van der Waals surface area (Å²) in [4.78, 5) is 0. The van der Waals surface area contributed by atoms with Gasteiger partial charge >= 0.3 is 0 Å². The highest BCUT2D eigenvalue weighted by atomic mass is 16.5. The number of nitrogen functional groups attached to an aromatic ring is 1. The third-order valence-corrected chi connectivity index (χ3v) is 5.29. The molecule has 3 rings (SSSR count). The normalized spacial score (nSPS) is 13.1. The predicted molar refractivity (Wildman–Crippen MR) is 116 cm³/mol. The van der Waals surface area contributed by atoms with Gasteiger partial charge in [-0.3, -0.25) is 0 Å². The Morgan fingerprint density at radius 1 is 0.857 bits per heavy atom. The molecule has 0 aromatic heterocycles. The molecule has 3 aromatic rings. The molecule has 3 aromatic carbocycles. The monoisotopic (exact) mass is 375 g/mol. The molecule has 3 nitrogen and oxygen atoms in total. The summed E-state index contributed by atoms with van der Waals surface area (Å²) in [6.07, 6.45) is 1.66. The van der Waals surface area contributed by atoms with Crippen molar-refractivity contribution in [1.29, 1.82) is 0 Å². The van der Waals surface area contributed by atoms with Crippen molar-refractivity contribution >= 4 is 5.69 Å². The van der Waals surface area contributed by atoms with Crippen LogP contribution in [0.1, 0.15) is 48.3 Å². The zero-order valence-electron chi connectivity index (χ0n) is 16.4.